The zero-order valence-electron chi connectivity index (χ0n) is 10.5. The second-order valence-electron chi connectivity index (χ2n) is 4.25. The molecule has 1 aliphatic rings. The summed E-state index contributed by atoms with van der Waals surface area (Å²) in [7, 11) is 3.11. The number of carbonyl (C=O) groups is 1. The Kier molecular flexibility index (Phi) is 3.06. The van der Waals surface area contributed by atoms with Gasteiger partial charge >= 0.3 is 0 Å². The molecule has 1 heterocycles. The summed E-state index contributed by atoms with van der Waals surface area (Å²) < 4.78 is 5.13. The zero-order valence-corrected chi connectivity index (χ0v) is 10.5. The normalized spacial score (nSPS) is 23.2. The summed E-state index contributed by atoms with van der Waals surface area (Å²) in [5, 5.41) is 14.6. The van der Waals surface area contributed by atoms with E-state index in [-0.39, 0.29) is 5.91 Å². The summed E-state index contributed by atoms with van der Waals surface area (Å²) in [6, 6.07) is 7.18. The van der Waals surface area contributed by atoms with E-state index in [0.717, 1.165) is 5.56 Å². The minimum atomic E-state index is -1.24. The Hall–Kier alpha value is -1.92. The molecule has 2 rings (SSSR count). The molecule has 6 nitrogen and oxygen atoms in total. The Morgan fingerprint density at radius 3 is 2.83 bits per heavy atom. The maximum absolute atomic E-state index is 12.0. The van der Waals surface area contributed by atoms with Crippen LogP contribution < -0.4 is 10.2 Å². The number of nitrogens with zero attached hydrogens (tertiary/aromatic N) is 2. The third-order valence-electron chi connectivity index (χ3n) is 3.01. The molecular weight excluding hydrogens is 234 g/mol. The van der Waals surface area contributed by atoms with Gasteiger partial charge in [0.15, 0.2) is 5.54 Å². The van der Waals surface area contributed by atoms with Crippen LogP contribution in [0.15, 0.2) is 29.4 Å². The monoisotopic (exact) mass is 249 g/mol. The fourth-order valence-electron chi connectivity index (χ4n) is 1.94. The van der Waals surface area contributed by atoms with Crippen molar-refractivity contribution in [2.24, 2.45) is 5.10 Å². The molecule has 0 bridgehead atoms. The van der Waals surface area contributed by atoms with Crippen LogP contribution in [0.4, 0.5) is 0 Å². The number of hydrogen-bond donors (Lipinski definition) is 2. The topological polar surface area (TPSA) is 74.2 Å². The van der Waals surface area contributed by atoms with Crippen molar-refractivity contribution in [1.29, 1.82) is 0 Å². The number of ether oxygens (including phenoxy) is 1. The van der Waals surface area contributed by atoms with Crippen LogP contribution in [0.2, 0.25) is 0 Å². The van der Waals surface area contributed by atoms with E-state index < -0.39 is 5.54 Å². The van der Waals surface area contributed by atoms with E-state index in [2.05, 4.69) is 5.10 Å². The number of benzene rings is 1. The number of hydroxylamine groups is 1. The number of hydrazone groups is 1. The number of nitrogens with one attached hydrogen (secondary N) is 1. The van der Waals surface area contributed by atoms with Crippen molar-refractivity contribution < 1.29 is 14.7 Å². The third-order valence-corrected chi connectivity index (χ3v) is 3.01. The number of rotatable bonds is 3. The van der Waals surface area contributed by atoms with Crippen molar-refractivity contribution in [3.8, 4) is 5.75 Å². The molecule has 1 amide bonds. The molecule has 0 aromatic heterocycles. The molecule has 0 spiro atoms. The SMILES string of the molecule is COc1cccc(C2=NN(C)C(=O)C2(C)NO)c1. The minimum Gasteiger partial charge on any atom is -0.497 e. The average molecular weight is 249 g/mol. The molecule has 0 aliphatic carbocycles. The minimum absolute atomic E-state index is 0.317. The van der Waals surface area contributed by atoms with Crippen LogP contribution in [0.5, 0.6) is 5.75 Å². The van der Waals surface area contributed by atoms with E-state index in [1.54, 1.807) is 39.3 Å². The molecule has 2 N–H and O–H groups in total. The van der Waals surface area contributed by atoms with Gasteiger partial charge in [0.25, 0.3) is 5.91 Å². The van der Waals surface area contributed by atoms with Crippen LogP contribution in [-0.2, 0) is 4.79 Å². The number of amides is 1. The maximum Gasteiger partial charge on any atom is 0.270 e. The van der Waals surface area contributed by atoms with Gasteiger partial charge in [-0.1, -0.05) is 12.1 Å². The van der Waals surface area contributed by atoms with Crippen LogP contribution in [0, 0.1) is 0 Å². The van der Waals surface area contributed by atoms with Gasteiger partial charge in [0.2, 0.25) is 0 Å². The highest BCUT2D eigenvalue weighted by Gasteiger charge is 2.46. The molecule has 0 saturated heterocycles. The lowest BCUT2D eigenvalue weighted by Gasteiger charge is -2.21. The predicted molar refractivity (Wildman–Crippen MR) is 65.6 cm³/mol. The molecule has 1 aliphatic heterocycles. The molecule has 1 atom stereocenters. The van der Waals surface area contributed by atoms with Crippen LogP contribution in [0.3, 0.4) is 0 Å². The summed E-state index contributed by atoms with van der Waals surface area (Å²) in [5.41, 5.74) is 1.98. The lowest BCUT2D eigenvalue weighted by molar-refractivity contribution is -0.134. The fraction of sp³-hybridized carbons (Fsp3) is 0.333. The van der Waals surface area contributed by atoms with Crippen LogP contribution in [-0.4, -0.2) is 41.5 Å². The van der Waals surface area contributed by atoms with Crippen LogP contribution >= 0.6 is 0 Å². The highest BCUT2D eigenvalue weighted by atomic mass is 16.5. The van der Waals surface area contributed by atoms with Gasteiger partial charge in [-0.25, -0.2) is 5.01 Å². The van der Waals surface area contributed by atoms with E-state index in [1.165, 1.54) is 5.01 Å². The first-order valence-corrected chi connectivity index (χ1v) is 5.46. The standard InChI is InChI=1S/C12H15N3O3/c1-12(14-17)10(13-15(2)11(12)16)8-5-4-6-9(7-8)18-3/h4-7,14,17H,1-3H3. The van der Waals surface area contributed by atoms with E-state index in [0.29, 0.717) is 11.5 Å². The zero-order chi connectivity index (χ0) is 13.3. The summed E-state index contributed by atoms with van der Waals surface area (Å²) in [6.07, 6.45) is 0. The molecular formula is C12H15N3O3. The second-order valence-corrected chi connectivity index (χ2v) is 4.25. The second kappa shape index (κ2) is 4.40. The molecule has 6 heteroatoms. The molecule has 1 unspecified atom stereocenters. The van der Waals surface area contributed by atoms with Crippen LogP contribution in [0.1, 0.15) is 12.5 Å². The van der Waals surface area contributed by atoms with Crippen molar-refractivity contribution in [1.82, 2.24) is 10.5 Å². The fourth-order valence-corrected chi connectivity index (χ4v) is 1.94. The molecule has 0 radical (unpaired) electrons. The lowest BCUT2D eigenvalue weighted by atomic mass is 9.91. The molecule has 18 heavy (non-hydrogen) atoms. The largest absolute Gasteiger partial charge is 0.497 e. The third kappa shape index (κ3) is 1.75. The maximum atomic E-state index is 12.0. The summed E-state index contributed by atoms with van der Waals surface area (Å²) >= 11 is 0. The molecule has 0 saturated carbocycles. The van der Waals surface area contributed by atoms with Gasteiger partial charge in [0, 0.05) is 12.6 Å². The van der Waals surface area contributed by atoms with Crippen molar-refractivity contribution in [2.45, 2.75) is 12.5 Å². The van der Waals surface area contributed by atoms with Crippen molar-refractivity contribution in [3.63, 3.8) is 0 Å². The summed E-state index contributed by atoms with van der Waals surface area (Å²) in [5.74, 6) is 0.348. The van der Waals surface area contributed by atoms with Gasteiger partial charge in [-0.2, -0.15) is 10.6 Å². The quantitative estimate of drug-likeness (QED) is 0.770. The molecule has 1 aromatic rings. The van der Waals surface area contributed by atoms with Gasteiger partial charge in [-0.15, -0.1) is 0 Å². The first-order chi connectivity index (χ1) is 8.52. The van der Waals surface area contributed by atoms with Gasteiger partial charge in [0.05, 0.1) is 7.11 Å². The van der Waals surface area contributed by atoms with E-state index in [9.17, 15) is 10.0 Å². The number of methoxy groups -OCH3 is 1. The van der Waals surface area contributed by atoms with Gasteiger partial charge in [0.1, 0.15) is 11.5 Å². The average Bonchev–Trinajstić information content (AvgIpc) is 2.64. The predicted octanol–water partition coefficient (Wildman–Crippen LogP) is 0.609. The van der Waals surface area contributed by atoms with E-state index >= 15 is 0 Å². The number of likely N-dealkylation sites (N-methyl/N-ethyl adjacent to an activating group) is 1. The van der Waals surface area contributed by atoms with Crippen LogP contribution in [0.25, 0.3) is 0 Å². The Morgan fingerprint density at radius 2 is 2.22 bits per heavy atom. The first-order valence-electron chi connectivity index (χ1n) is 5.46. The highest BCUT2D eigenvalue weighted by Crippen LogP contribution is 2.25. The smallest absolute Gasteiger partial charge is 0.270 e. The summed E-state index contributed by atoms with van der Waals surface area (Å²) in [4.78, 5) is 12.0. The van der Waals surface area contributed by atoms with E-state index in [4.69, 9.17) is 4.74 Å². The van der Waals surface area contributed by atoms with E-state index in [1.807, 2.05) is 11.5 Å². The van der Waals surface area contributed by atoms with Crippen molar-refractivity contribution >= 4 is 11.6 Å². The Labute approximate surface area is 105 Å². The van der Waals surface area contributed by atoms with Gasteiger partial charge < -0.3 is 9.94 Å². The number of hydrogen-bond acceptors (Lipinski definition) is 5. The summed E-state index contributed by atoms with van der Waals surface area (Å²) in [6.45, 7) is 1.58. The van der Waals surface area contributed by atoms with Crippen molar-refractivity contribution in [2.75, 3.05) is 14.2 Å². The van der Waals surface area contributed by atoms with Gasteiger partial charge in [-0.05, 0) is 19.1 Å². The highest BCUT2D eigenvalue weighted by molar-refractivity contribution is 6.23. The molecule has 96 valence electrons. The Morgan fingerprint density at radius 1 is 1.50 bits per heavy atom. The van der Waals surface area contributed by atoms with Crippen molar-refractivity contribution in [3.05, 3.63) is 29.8 Å². The molecule has 0 fully saturated rings. The lowest BCUT2D eigenvalue weighted by Crippen LogP contribution is -2.53. The Balaban J connectivity index is 2.49. The molecule has 1 aromatic carbocycles. The number of carbonyl (C=O) groups excluding carboxylic acids is 1. The first kappa shape index (κ1) is 12.5. The van der Waals surface area contributed by atoms with Gasteiger partial charge in [-0.3, -0.25) is 4.79 Å². The Bertz CT molecular complexity index is 515.